The van der Waals surface area contributed by atoms with E-state index in [2.05, 4.69) is 41.0 Å². The molecule has 1 aromatic rings. The quantitative estimate of drug-likeness (QED) is 0.825. The average Bonchev–Trinajstić information content (AvgIpc) is 2.47. The molecule has 0 aromatic heterocycles. The van der Waals surface area contributed by atoms with Gasteiger partial charge in [0.1, 0.15) is 0 Å². The number of hydrogen-bond donors (Lipinski definition) is 0. The van der Waals surface area contributed by atoms with Crippen molar-refractivity contribution < 1.29 is 4.79 Å². The smallest absolute Gasteiger partial charge is 0.236 e. The Kier molecular flexibility index (Phi) is 4.06. The van der Waals surface area contributed by atoms with E-state index in [9.17, 15) is 4.79 Å². The van der Waals surface area contributed by atoms with Gasteiger partial charge in [-0.3, -0.25) is 9.69 Å². The summed E-state index contributed by atoms with van der Waals surface area (Å²) in [4.78, 5) is 16.9. The van der Waals surface area contributed by atoms with Crippen LogP contribution < -0.4 is 0 Å². The first-order valence-electron chi connectivity index (χ1n) is 7.82. The lowest BCUT2D eigenvalue weighted by atomic mass is 9.99. The van der Waals surface area contributed by atoms with Crippen molar-refractivity contribution in [2.75, 3.05) is 19.6 Å². The molecule has 2 heterocycles. The zero-order valence-corrected chi connectivity index (χ0v) is 12.3. The Morgan fingerprint density at radius 3 is 2.80 bits per heavy atom. The van der Waals surface area contributed by atoms with Crippen molar-refractivity contribution in [1.82, 2.24) is 9.80 Å². The van der Waals surface area contributed by atoms with Crippen LogP contribution in [0, 0.1) is 0 Å². The Balaban J connectivity index is 1.60. The highest BCUT2D eigenvalue weighted by molar-refractivity contribution is 5.78. The van der Waals surface area contributed by atoms with Crippen LogP contribution >= 0.6 is 0 Å². The first-order valence-corrected chi connectivity index (χ1v) is 7.82. The maximum Gasteiger partial charge on any atom is 0.236 e. The molecule has 3 rings (SSSR count). The Morgan fingerprint density at radius 2 is 2.00 bits per heavy atom. The SMILES string of the molecule is CC1CCCCN1C(=O)CN1CCc2ccccc2C1. The summed E-state index contributed by atoms with van der Waals surface area (Å²) in [6.07, 6.45) is 4.66. The molecule has 1 aromatic carbocycles. The Hall–Kier alpha value is -1.35. The molecule has 0 aliphatic carbocycles. The van der Waals surface area contributed by atoms with Crippen LogP contribution in [-0.4, -0.2) is 41.4 Å². The number of hydrogen-bond acceptors (Lipinski definition) is 2. The number of likely N-dealkylation sites (tertiary alicyclic amines) is 1. The van der Waals surface area contributed by atoms with Gasteiger partial charge in [0.15, 0.2) is 0 Å². The number of piperidine rings is 1. The number of benzene rings is 1. The molecular formula is C17H24N2O. The summed E-state index contributed by atoms with van der Waals surface area (Å²) < 4.78 is 0. The minimum absolute atomic E-state index is 0.316. The van der Waals surface area contributed by atoms with Gasteiger partial charge in [0.05, 0.1) is 6.54 Å². The number of nitrogens with zero attached hydrogens (tertiary/aromatic N) is 2. The molecule has 1 unspecified atom stereocenters. The van der Waals surface area contributed by atoms with Gasteiger partial charge in [-0.2, -0.15) is 0 Å². The molecule has 0 saturated carbocycles. The third kappa shape index (κ3) is 2.88. The highest BCUT2D eigenvalue weighted by atomic mass is 16.2. The van der Waals surface area contributed by atoms with Gasteiger partial charge in [-0.05, 0) is 43.7 Å². The summed E-state index contributed by atoms with van der Waals surface area (Å²) in [5.41, 5.74) is 2.83. The maximum atomic E-state index is 12.5. The lowest BCUT2D eigenvalue weighted by molar-refractivity contribution is -0.135. The van der Waals surface area contributed by atoms with Gasteiger partial charge >= 0.3 is 0 Å². The predicted octanol–water partition coefficient (Wildman–Crippen LogP) is 2.45. The van der Waals surface area contributed by atoms with Gasteiger partial charge in [0.2, 0.25) is 5.91 Å². The van der Waals surface area contributed by atoms with Crippen molar-refractivity contribution in [3.05, 3.63) is 35.4 Å². The van der Waals surface area contributed by atoms with E-state index in [1.807, 2.05) is 0 Å². The van der Waals surface area contributed by atoms with E-state index in [4.69, 9.17) is 0 Å². The molecule has 2 aliphatic rings. The van der Waals surface area contributed by atoms with Crippen molar-refractivity contribution in [2.24, 2.45) is 0 Å². The van der Waals surface area contributed by atoms with Crippen molar-refractivity contribution in [3.63, 3.8) is 0 Å². The molecule has 1 atom stereocenters. The van der Waals surface area contributed by atoms with Crippen molar-refractivity contribution in [1.29, 1.82) is 0 Å². The number of amides is 1. The molecule has 3 heteroatoms. The highest BCUT2D eigenvalue weighted by Gasteiger charge is 2.25. The van der Waals surface area contributed by atoms with E-state index < -0.39 is 0 Å². The fraction of sp³-hybridized carbons (Fsp3) is 0.588. The van der Waals surface area contributed by atoms with Gasteiger partial charge in [-0.15, -0.1) is 0 Å². The normalized spacial score (nSPS) is 23.4. The lowest BCUT2D eigenvalue weighted by Gasteiger charge is -2.36. The first kappa shape index (κ1) is 13.6. The molecule has 0 radical (unpaired) electrons. The third-order valence-corrected chi connectivity index (χ3v) is 4.69. The lowest BCUT2D eigenvalue weighted by Crippen LogP contribution is -2.47. The molecule has 20 heavy (non-hydrogen) atoms. The van der Waals surface area contributed by atoms with E-state index in [0.717, 1.165) is 32.5 Å². The van der Waals surface area contributed by atoms with E-state index in [-0.39, 0.29) is 0 Å². The van der Waals surface area contributed by atoms with Crippen LogP contribution in [0.15, 0.2) is 24.3 Å². The van der Waals surface area contributed by atoms with Crippen molar-refractivity contribution in [2.45, 2.75) is 45.2 Å². The zero-order chi connectivity index (χ0) is 13.9. The minimum Gasteiger partial charge on any atom is -0.339 e. The minimum atomic E-state index is 0.316. The Bertz CT molecular complexity index is 486. The van der Waals surface area contributed by atoms with E-state index in [0.29, 0.717) is 18.5 Å². The van der Waals surface area contributed by atoms with Crippen LogP contribution in [0.5, 0.6) is 0 Å². The fourth-order valence-electron chi connectivity index (χ4n) is 3.44. The van der Waals surface area contributed by atoms with Crippen molar-refractivity contribution in [3.8, 4) is 0 Å². The zero-order valence-electron chi connectivity index (χ0n) is 12.3. The summed E-state index contributed by atoms with van der Waals surface area (Å²) in [7, 11) is 0. The maximum absolute atomic E-state index is 12.5. The summed E-state index contributed by atoms with van der Waals surface area (Å²) in [6.45, 7) is 5.64. The van der Waals surface area contributed by atoms with Gasteiger partial charge in [-0.25, -0.2) is 0 Å². The van der Waals surface area contributed by atoms with Crippen LogP contribution in [0.4, 0.5) is 0 Å². The molecule has 0 spiro atoms. The summed E-state index contributed by atoms with van der Waals surface area (Å²) in [5, 5.41) is 0. The van der Waals surface area contributed by atoms with Crippen LogP contribution in [0.1, 0.15) is 37.3 Å². The molecule has 1 saturated heterocycles. The summed E-state index contributed by atoms with van der Waals surface area (Å²) in [5.74, 6) is 0.316. The topological polar surface area (TPSA) is 23.6 Å². The van der Waals surface area contributed by atoms with E-state index >= 15 is 0 Å². The molecule has 1 amide bonds. The number of rotatable bonds is 2. The number of carbonyl (C=O) groups excluding carboxylic acids is 1. The second-order valence-electron chi connectivity index (χ2n) is 6.16. The van der Waals surface area contributed by atoms with Crippen LogP contribution in [0.3, 0.4) is 0 Å². The molecular weight excluding hydrogens is 248 g/mol. The average molecular weight is 272 g/mol. The standard InChI is InChI=1S/C17H24N2O/c1-14-6-4-5-10-19(14)17(20)13-18-11-9-15-7-2-3-8-16(15)12-18/h2-3,7-8,14H,4-6,9-13H2,1H3. The van der Waals surface area contributed by atoms with E-state index in [1.165, 1.54) is 24.0 Å². The number of fused-ring (bicyclic) bond motifs is 1. The van der Waals surface area contributed by atoms with Crippen LogP contribution in [0.2, 0.25) is 0 Å². The monoisotopic (exact) mass is 272 g/mol. The Labute approximate surface area is 121 Å². The van der Waals surface area contributed by atoms with Gasteiger partial charge < -0.3 is 4.90 Å². The van der Waals surface area contributed by atoms with Crippen molar-refractivity contribution >= 4 is 5.91 Å². The molecule has 3 nitrogen and oxygen atoms in total. The predicted molar refractivity (Wildman–Crippen MR) is 80.4 cm³/mol. The third-order valence-electron chi connectivity index (χ3n) is 4.69. The van der Waals surface area contributed by atoms with Gasteiger partial charge in [-0.1, -0.05) is 24.3 Å². The van der Waals surface area contributed by atoms with E-state index in [1.54, 1.807) is 0 Å². The van der Waals surface area contributed by atoms with Gasteiger partial charge in [0.25, 0.3) is 0 Å². The Morgan fingerprint density at radius 1 is 1.20 bits per heavy atom. The highest BCUT2D eigenvalue weighted by Crippen LogP contribution is 2.20. The second-order valence-corrected chi connectivity index (χ2v) is 6.16. The summed E-state index contributed by atoms with van der Waals surface area (Å²) >= 11 is 0. The second kappa shape index (κ2) is 5.96. The van der Waals surface area contributed by atoms with Gasteiger partial charge in [0, 0.05) is 25.7 Å². The first-order chi connectivity index (χ1) is 9.74. The largest absolute Gasteiger partial charge is 0.339 e. The molecule has 0 N–H and O–H groups in total. The van der Waals surface area contributed by atoms with Crippen LogP contribution in [0.25, 0.3) is 0 Å². The number of carbonyl (C=O) groups is 1. The summed E-state index contributed by atoms with van der Waals surface area (Å²) in [6, 6.07) is 9.02. The molecule has 0 bridgehead atoms. The fourth-order valence-corrected chi connectivity index (χ4v) is 3.44. The molecule has 108 valence electrons. The molecule has 1 fully saturated rings. The van der Waals surface area contributed by atoms with Crippen LogP contribution in [-0.2, 0) is 17.8 Å². The molecule has 2 aliphatic heterocycles.